The second-order valence-electron chi connectivity index (χ2n) is 6.82. The molecule has 122 valence electrons. The van der Waals surface area contributed by atoms with E-state index in [1.165, 1.54) is 0 Å². The molecule has 3 rings (SSSR count). The Kier molecular flexibility index (Phi) is 4.08. The molecule has 6 heteroatoms. The van der Waals surface area contributed by atoms with Gasteiger partial charge in [0.05, 0.1) is 11.2 Å². The Morgan fingerprint density at radius 1 is 1.04 bits per heavy atom. The molecule has 0 atom stereocenters. The van der Waals surface area contributed by atoms with Crippen LogP contribution in [-0.4, -0.2) is 30.6 Å². The molecule has 0 amide bonds. The van der Waals surface area contributed by atoms with Gasteiger partial charge in [0.25, 0.3) is 0 Å². The Labute approximate surface area is 137 Å². The molecule has 23 heavy (non-hydrogen) atoms. The fraction of sp³-hybridized carbons (Fsp3) is 0.471. The molecular weight excluding hydrogens is 293 g/mol. The normalized spacial score (nSPS) is 19.3. The largest absolute Gasteiger partial charge is 0.494 e. The summed E-state index contributed by atoms with van der Waals surface area (Å²) in [4.78, 5) is 0. The third-order valence-electron chi connectivity index (χ3n) is 4.58. The first-order valence-electron chi connectivity index (χ1n) is 7.73. The lowest BCUT2D eigenvalue weighted by molar-refractivity contribution is 0.00578. The van der Waals surface area contributed by atoms with E-state index in [1.807, 2.05) is 58.0 Å². The van der Waals surface area contributed by atoms with Gasteiger partial charge in [-0.1, -0.05) is 29.4 Å². The number of hydrogen-bond donors (Lipinski definition) is 0. The first-order chi connectivity index (χ1) is 10.8. The maximum absolute atomic E-state index is 6.06. The zero-order chi connectivity index (χ0) is 16.7. The van der Waals surface area contributed by atoms with Crippen molar-refractivity contribution in [1.29, 1.82) is 0 Å². The van der Waals surface area contributed by atoms with Crippen molar-refractivity contribution in [3.05, 3.63) is 36.1 Å². The van der Waals surface area contributed by atoms with Crippen LogP contribution in [0.15, 0.2) is 34.9 Å². The summed E-state index contributed by atoms with van der Waals surface area (Å²) in [5.41, 5.74) is 2.09. The highest BCUT2D eigenvalue weighted by Crippen LogP contribution is 2.36. The molecule has 0 radical (unpaired) electrons. The van der Waals surface area contributed by atoms with Crippen molar-refractivity contribution < 1.29 is 18.6 Å². The molecule has 1 aliphatic heterocycles. The lowest BCUT2D eigenvalue weighted by Gasteiger charge is -2.32. The average molecular weight is 315 g/mol. The summed E-state index contributed by atoms with van der Waals surface area (Å²) in [5, 5.41) is 4.06. The van der Waals surface area contributed by atoms with Crippen LogP contribution < -0.4 is 5.46 Å². The minimum Gasteiger partial charge on any atom is -0.399 e. The van der Waals surface area contributed by atoms with Crippen LogP contribution in [-0.2, 0) is 20.7 Å². The quantitative estimate of drug-likeness (QED) is 0.812. The van der Waals surface area contributed by atoms with Crippen molar-refractivity contribution in [3.8, 4) is 11.3 Å². The van der Waals surface area contributed by atoms with E-state index in [4.69, 9.17) is 18.6 Å². The summed E-state index contributed by atoms with van der Waals surface area (Å²) in [6.45, 7) is 8.61. The smallest absolute Gasteiger partial charge is 0.399 e. The predicted molar refractivity (Wildman–Crippen MR) is 88.4 cm³/mol. The van der Waals surface area contributed by atoms with Gasteiger partial charge in [-0.3, -0.25) is 0 Å². The van der Waals surface area contributed by atoms with Gasteiger partial charge in [0, 0.05) is 18.7 Å². The van der Waals surface area contributed by atoms with E-state index < -0.39 is 0 Å². The van der Waals surface area contributed by atoms with Crippen molar-refractivity contribution in [2.75, 3.05) is 7.11 Å². The number of aromatic nitrogens is 1. The first-order valence-corrected chi connectivity index (χ1v) is 7.73. The molecular formula is C17H22BNO4. The summed E-state index contributed by atoms with van der Waals surface area (Å²) < 4.78 is 22.4. The van der Waals surface area contributed by atoms with Crippen LogP contribution >= 0.6 is 0 Å². The van der Waals surface area contributed by atoms with Gasteiger partial charge < -0.3 is 18.6 Å². The topological polar surface area (TPSA) is 53.7 Å². The molecule has 0 bridgehead atoms. The molecule has 5 nitrogen and oxygen atoms in total. The van der Waals surface area contributed by atoms with E-state index in [9.17, 15) is 0 Å². The SMILES string of the molecule is COCc1cc(-c2ccc(B3OC(C)(C)C(C)(C)O3)cc2)no1. The molecule has 0 aliphatic carbocycles. The number of hydrogen-bond acceptors (Lipinski definition) is 5. The van der Waals surface area contributed by atoms with Gasteiger partial charge in [-0.2, -0.15) is 0 Å². The van der Waals surface area contributed by atoms with Crippen LogP contribution in [0.25, 0.3) is 11.3 Å². The van der Waals surface area contributed by atoms with Gasteiger partial charge in [0.2, 0.25) is 0 Å². The molecule has 0 N–H and O–H groups in total. The number of benzene rings is 1. The van der Waals surface area contributed by atoms with Crippen molar-refractivity contribution in [2.24, 2.45) is 0 Å². The first kappa shape index (κ1) is 16.2. The van der Waals surface area contributed by atoms with Gasteiger partial charge in [-0.25, -0.2) is 0 Å². The van der Waals surface area contributed by atoms with E-state index in [1.54, 1.807) is 7.11 Å². The lowest BCUT2D eigenvalue weighted by atomic mass is 9.79. The molecule has 1 aromatic carbocycles. The molecule has 2 aromatic rings. The summed E-state index contributed by atoms with van der Waals surface area (Å²) in [5.74, 6) is 0.706. The maximum atomic E-state index is 6.06. The van der Waals surface area contributed by atoms with E-state index >= 15 is 0 Å². The van der Waals surface area contributed by atoms with Crippen LogP contribution in [0.3, 0.4) is 0 Å². The zero-order valence-electron chi connectivity index (χ0n) is 14.3. The molecule has 0 saturated carbocycles. The molecule has 1 aliphatic rings. The standard InChI is InChI=1S/C17H22BNO4/c1-16(2)17(3,4)23-18(22-16)13-8-6-12(7-9-13)15-10-14(11-20-5)21-19-15/h6-10H,11H2,1-5H3. The van der Waals surface area contributed by atoms with Gasteiger partial charge in [-0.15, -0.1) is 0 Å². The Bertz CT molecular complexity index is 662. The Balaban J connectivity index is 1.77. The lowest BCUT2D eigenvalue weighted by Crippen LogP contribution is -2.41. The minimum absolute atomic E-state index is 0.336. The fourth-order valence-corrected chi connectivity index (χ4v) is 2.45. The fourth-order valence-electron chi connectivity index (χ4n) is 2.45. The Hall–Kier alpha value is -1.63. The highest BCUT2D eigenvalue weighted by atomic mass is 16.7. The van der Waals surface area contributed by atoms with Crippen LogP contribution in [0, 0.1) is 0 Å². The van der Waals surface area contributed by atoms with Crippen LogP contribution in [0.4, 0.5) is 0 Å². The number of methoxy groups -OCH3 is 1. The molecule has 2 heterocycles. The zero-order valence-corrected chi connectivity index (χ0v) is 14.3. The summed E-state index contributed by atoms with van der Waals surface area (Å²) in [6.07, 6.45) is 0. The number of rotatable bonds is 4. The van der Waals surface area contributed by atoms with E-state index in [0.717, 1.165) is 16.7 Å². The third-order valence-corrected chi connectivity index (χ3v) is 4.58. The molecule has 1 aromatic heterocycles. The van der Waals surface area contributed by atoms with Gasteiger partial charge in [0.15, 0.2) is 5.76 Å². The van der Waals surface area contributed by atoms with E-state index in [2.05, 4.69) is 5.16 Å². The third kappa shape index (κ3) is 3.07. The van der Waals surface area contributed by atoms with Crippen LogP contribution in [0.1, 0.15) is 33.5 Å². The minimum atomic E-state index is -0.351. The highest BCUT2D eigenvalue weighted by molar-refractivity contribution is 6.62. The molecule has 1 fully saturated rings. The maximum Gasteiger partial charge on any atom is 0.494 e. The highest BCUT2D eigenvalue weighted by Gasteiger charge is 2.51. The monoisotopic (exact) mass is 315 g/mol. The number of nitrogens with zero attached hydrogens (tertiary/aromatic N) is 1. The molecule has 0 spiro atoms. The van der Waals surface area contributed by atoms with E-state index in [-0.39, 0.29) is 18.3 Å². The second-order valence-corrected chi connectivity index (χ2v) is 6.82. The van der Waals surface area contributed by atoms with Crippen molar-refractivity contribution >= 4 is 12.6 Å². The van der Waals surface area contributed by atoms with Crippen molar-refractivity contribution in [1.82, 2.24) is 5.16 Å². The van der Waals surface area contributed by atoms with Crippen molar-refractivity contribution in [3.63, 3.8) is 0 Å². The molecule has 0 unspecified atom stereocenters. The Morgan fingerprint density at radius 2 is 1.65 bits per heavy atom. The predicted octanol–water partition coefficient (Wildman–Crippen LogP) is 2.79. The second kappa shape index (κ2) is 5.78. The summed E-state index contributed by atoms with van der Waals surface area (Å²) in [7, 11) is 1.28. The Morgan fingerprint density at radius 3 is 2.22 bits per heavy atom. The summed E-state index contributed by atoms with van der Waals surface area (Å²) >= 11 is 0. The van der Waals surface area contributed by atoms with E-state index in [0.29, 0.717) is 12.4 Å². The van der Waals surface area contributed by atoms with Crippen molar-refractivity contribution in [2.45, 2.75) is 45.5 Å². The summed E-state index contributed by atoms with van der Waals surface area (Å²) in [6, 6.07) is 9.88. The van der Waals surface area contributed by atoms with Crippen LogP contribution in [0.5, 0.6) is 0 Å². The average Bonchev–Trinajstić information content (AvgIpc) is 3.03. The molecule has 1 saturated heterocycles. The van der Waals surface area contributed by atoms with Crippen LogP contribution in [0.2, 0.25) is 0 Å². The number of ether oxygens (including phenoxy) is 1. The van der Waals surface area contributed by atoms with Gasteiger partial charge >= 0.3 is 7.12 Å². The van der Waals surface area contributed by atoms with Gasteiger partial charge in [-0.05, 0) is 33.2 Å². The van der Waals surface area contributed by atoms with Gasteiger partial charge in [0.1, 0.15) is 12.3 Å².